The van der Waals surface area contributed by atoms with E-state index in [0.717, 1.165) is 18.4 Å². The Morgan fingerprint density at radius 3 is 2.67 bits per heavy atom. The van der Waals surface area contributed by atoms with Crippen LogP contribution in [0.5, 0.6) is 0 Å². The van der Waals surface area contributed by atoms with Gasteiger partial charge in [0.1, 0.15) is 5.82 Å². The predicted octanol–water partition coefficient (Wildman–Crippen LogP) is 1.90. The van der Waals surface area contributed by atoms with E-state index in [2.05, 4.69) is 0 Å². The average Bonchev–Trinajstić information content (AvgIpc) is 3.03. The first-order valence-electron chi connectivity index (χ1n) is 5.29. The maximum absolute atomic E-state index is 13.0. The molecule has 1 aromatic rings. The van der Waals surface area contributed by atoms with Crippen molar-refractivity contribution in [1.82, 2.24) is 0 Å². The number of aliphatic hydroxyl groups is 1. The van der Waals surface area contributed by atoms with Crippen molar-refractivity contribution in [2.45, 2.75) is 31.9 Å². The molecule has 2 atom stereocenters. The zero-order valence-electron chi connectivity index (χ0n) is 8.78. The van der Waals surface area contributed by atoms with Crippen LogP contribution in [0, 0.1) is 18.7 Å². The quantitative estimate of drug-likeness (QED) is 0.798. The van der Waals surface area contributed by atoms with Crippen molar-refractivity contribution in [1.29, 1.82) is 0 Å². The molecule has 0 unspecified atom stereocenters. The molecule has 1 aromatic carbocycles. The van der Waals surface area contributed by atoms with Crippen molar-refractivity contribution in [3.8, 4) is 0 Å². The van der Waals surface area contributed by atoms with Crippen molar-refractivity contribution in [2.24, 2.45) is 11.7 Å². The highest BCUT2D eigenvalue weighted by Crippen LogP contribution is 2.37. The topological polar surface area (TPSA) is 46.2 Å². The standard InChI is InChI=1S/C12H16FNO/c1-7-6-9(4-5-10(7)13)11(14)12(15)8-2-3-8/h4-6,8,11-12,15H,2-3,14H2,1H3/t11-,12+/m0/s1. The van der Waals surface area contributed by atoms with Crippen molar-refractivity contribution < 1.29 is 9.50 Å². The molecule has 0 aliphatic heterocycles. The van der Waals surface area contributed by atoms with E-state index in [4.69, 9.17) is 5.73 Å². The summed E-state index contributed by atoms with van der Waals surface area (Å²) in [5, 5.41) is 9.85. The van der Waals surface area contributed by atoms with Gasteiger partial charge in [-0.1, -0.05) is 12.1 Å². The first-order chi connectivity index (χ1) is 7.09. The highest BCUT2D eigenvalue weighted by Gasteiger charge is 2.34. The second kappa shape index (κ2) is 3.91. The van der Waals surface area contributed by atoms with Crippen LogP contribution >= 0.6 is 0 Å². The van der Waals surface area contributed by atoms with E-state index in [9.17, 15) is 9.50 Å². The summed E-state index contributed by atoms with van der Waals surface area (Å²) in [7, 11) is 0. The van der Waals surface area contributed by atoms with Gasteiger partial charge in [-0.05, 0) is 42.9 Å². The maximum Gasteiger partial charge on any atom is 0.126 e. The number of nitrogens with two attached hydrogens (primary N) is 1. The molecule has 82 valence electrons. The minimum Gasteiger partial charge on any atom is -0.391 e. The van der Waals surface area contributed by atoms with Crippen molar-refractivity contribution >= 4 is 0 Å². The van der Waals surface area contributed by atoms with E-state index < -0.39 is 12.1 Å². The fraction of sp³-hybridized carbons (Fsp3) is 0.500. The molecular weight excluding hydrogens is 193 g/mol. The summed E-state index contributed by atoms with van der Waals surface area (Å²) >= 11 is 0. The van der Waals surface area contributed by atoms with E-state index in [-0.39, 0.29) is 5.82 Å². The Labute approximate surface area is 88.9 Å². The average molecular weight is 209 g/mol. The van der Waals surface area contributed by atoms with E-state index in [0.29, 0.717) is 11.5 Å². The Balaban J connectivity index is 2.17. The number of halogens is 1. The number of aryl methyl sites for hydroxylation is 1. The number of hydrogen-bond acceptors (Lipinski definition) is 2. The molecule has 1 aliphatic rings. The van der Waals surface area contributed by atoms with Gasteiger partial charge in [0.15, 0.2) is 0 Å². The van der Waals surface area contributed by atoms with Gasteiger partial charge < -0.3 is 10.8 Å². The summed E-state index contributed by atoms with van der Waals surface area (Å²) in [6.45, 7) is 1.70. The lowest BCUT2D eigenvalue weighted by Gasteiger charge is -2.19. The van der Waals surface area contributed by atoms with Crippen LogP contribution in [0.3, 0.4) is 0 Å². The van der Waals surface area contributed by atoms with Crippen LogP contribution in [-0.2, 0) is 0 Å². The lowest BCUT2D eigenvalue weighted by molar-refractivity contribution is 0.122. The van der Waals surface area contributed by atoms with E-state index in [1.54, 1.807) is 19.1 Å². The third kappa shape index (κ3) is 2.19. The minimum absolute atomic E-state index is 0.230. The van der Waals surface area contributed by atoms with Crippen LogP contribution in [0.1, 0.15) is 30.0 Å². The molecule has 1 saturated carbocycles. The third-order valence-electron chi connectivity index (χ3n) is 3.04. The molecule has 0 amide bonds. The predicted molar refractivity (Wildman–Crippen MR) is 56.8 cm³/mol. The lowest BCUT2D eigenvalue weighted by atomic mass is 9.97. The number of benzene rings is 1. The van der Waals surface area contributed by atoms with Gasteiger partial charge in [-0.15, -0.1) is 0 Å². The first-order valence-corrected chi connectivity index (χ1v) is 5.29. The van der Waals surface area contributed by atoms with Crippen LogP contribution in [0.2, 0.25) is 0 Å². The molecular formula is C12H16FNO. The van der Waals surface area contributed by atoms with Gasteiger partial charge in [0.25, 0.3) is 0 Å². The van der Waals surface area contributed by atoms with Gasteiger partial charge in [0.2, 0.25) is 0 Å². The molecule has 0 spiro atoms. The molecule has 15 heavy (non-hydrogen) atoms. The zero-order valence-corrected chi connectivity index (χ0v) is 8.78. The molecule has 0 aromatic heterocycles. The van der Waals surface area contributed by atoms with Crippen LogP contribution in [0.25, 0.3) is 0 Å². The molecule has 3 N–H and O–H groups in total. The number of hydrogen-bond donors (Lipinski definition) is 2. The second-order valence-electron chi connectivity index (χ2n) is 4.36. The molecule has 1 fully saturated rings. The van der Waals surface area contributed by atoms with Crippen LogP contribution in [0.15, 0.2) is 18.2 Å². The highest BCUT2D eigenvalue weighted by molar-refractivity contribution is 5.27. The Morgan fingerprint density at radius 1 is 1.47 bits per heavy atom. The monoisotopic (exact) mass is 209 g/mol. The molecule has 0 radical (unpaired) electrons. The Kier molecular flexibility index (Phi) is 2.76. The van der Waals surface area contributed by atoms with Crippen LogP contribution in [-0.4, -0.2) is 11.2 Å². The van der Waals surface area contributed by atoms with Gasteiger partial charge in [0.05, 0.1) is 12.1 Å². The zero-order chi connectivity index (χ0) is 11.0. The van der Waals surface area contributed by atoms with Crippen molar-refractivity contribution in [3.63, 3.8) is 0 Å². The summed E-state index contributed by atoms with van der Waals surface area (Å²) in [5.41, 5.74) is 7.31. The van der Waals surface area contributed by atoms with Crippen LogP contribution in [0.4, 0.5) is 4.39 Å². The smallest absolute Gasteiger partial charge is 0.126 e. The van der Waals surface area contributed by atoms with E-state index in [1.807, 2.05) is 0 Å². The molecule has 3 heteroatoms. The normalized spacial score (nSPS) is 20.0. The largest absolute Gasteiger partial charge is 0.391 e. The summed E-state index contributed by atoms with van der Waals surface area (Å²) < 4.78 is 13.0. The SMILES string of the molecule is Cc1cc([C@H](N)[C@H](O)C2CC2)ccc1F. The van der Waals surface area contributed by atoms with Crippen LogP contribution < -0.4 is 5.73 Å². The van der Waals surface area contributed by atoms with Crippen molar-refractivity contribution in [3.05, 3.63) is 35.1 Å². The Bertz CT molecular complexity index is 363. The molecule has 0 heterocycles. The van der Waals surface area contributed by atoms with Gasteiger partial charge in [0, 0.05) is 0 Å². The molecule has 1 aliphatic carbocycles. The Hall–Kier alpha value is -0.930. The summed E-state index contributed by atoms with van der Waals surface area (Å²) in [5.74, 6) is 0.109. The fourth-order valence-corrected chi connectivity index (χ4v) is 1.80. The summed E-state index contributed by atoms with van der Waals surface area (Å²) in [6, 6.07) is 4.38. The minimum atomic E-state index is -0.491. The summed E-state index contributed by atoms with van der Waals surface area (Å²) in [4.78, 5) is 0. The van der Waals surface area contributed by atoms with E-state index in [1.165, 1.54) is 6.07 Å². The van der Waals surface area contributed by atoms with Gasteiger partial charge in [-0.3, -0.25) is 0 Å². The van der Waals surface area contributed by atoms with Crippen molar-refractivity contribution in [2.75, 3.05) is 0 Å². The first kappa shape index (κ1) is 10.6. The number of rotatable bonds is 3. The fourth-order valence-electron chi connectivity index (χ4n) is 1.80. The molecule has 0 bridgehead atoms. The van der Waals surface area contributed by atoms with Gasteiger partial charge in [-0.2, -0.15) is 0 Å². The lowest BCUT2D eigenvalue weighted by Crippen LogP contribution is -2.27. The molecule has 2 rings (SSSR count). The Morgan fingerprint density at radius 2 is 2.13 bits per heavy atom. The summed E-state index contributed by atoms with van der Waals surface area (Å²) in [6.07, 6.45) is 1.61. The maximum atomic E-state index is 13.0. The van der Waals surface area contributed by atoms with Gasteiger partial charge in [-0.25, -0.2) is 4.39 Å². The number of aliphatic hydroxyl groups excluding tert-OH is 1. The second-order valence-corrected chi connectivity index (χ2v) is 4.36. The third-order valence-corrected chi connectivity index (χ3v) is 3.04. The van der Waals surface area contributed by atoms with Gasteiger partial charge >= 0.3 is 0 Å². The molecule has 2 nitrogen and oxygen atoms in total. The van der Waals surface area contributed by atoms with E-state index >= 15 is 0 Å². The highest BCUT2D eigenvalue weighted by atomic mass is 19.1. The molecule has 0 saturated heterocycles.